The molecule has 22 heavy (non-hydrogen) atoms. The van der Waals surface area contributed by atoms with Crippen molar-refractivity contribution < 1.29 is 4.74 Å². The van der Waals surface area contributed by atoms with Gasteiger partial charge in [0.2, 0.25) is 0 Å². The summed E-state index contributed by atoms with van der Waals surface area (Å²) in [6.45, 7) is 16.2. The van der Waals surface area contributed by atoms with Crippen LogP contribution in [0.1, 0.15) is 38.3 Å². The van der Waals surface area contributed by atoms with E-state index >= 15 is 0 Å². The van der Waals surface area contributed by atoms with E-state index in [1.165, 1.54) is 27.5 Å². The Hall–Kier alpha value is -1.28. The van der Waals surface area contributed by atoms with Gasteiger partial charge in [0.1, 0.15) is 5.75 Å². The topological polar surface area (TPSA) is 9.23 Å². The Kier molecular flexibility index (Phi) is 4.45. The van der Waals surface area contributed by atoms with Crippen molar-refractivity contribution in [2.24, 2.45) is 0 Å². The van der Waals surface area contributed by atoms with Crippen LogP contribution >= 0.6 is 0 Å². The largest absolute Gasteiger partial charge is 0.497 e. The van der Waals surface area contributed by atoms with E-state index in [4.69, 9.17) is 4.74 Å². The molecule has 0 bridgehead atoms. The molecule has 1 aliphatic rings. The third-order valence-electron chi connectivity index (χ3n) is 4.69. The molecule has 0 aliphatic heterocycles. The summed E-state index contributed by atoms with van der Waals surface area (Å²) >= 11 is 0. The highest BCUT2D eigenvalue weighted by molar-refractivity contribution is 6.89. The predicted octanol–water partition coefficient (Wildman–Crippen LogP) is 5.10. The second kappa shape index (κ2) is 5.73. The number of allylic oxidation sites excluding steroid dienone is 4. The van der Waals surface area contributed by atoms with Crippen LogP contribution < -0.4 is 9.92 Å². The molecule has 1 nitrogen and oxygen atoms in total. The van der Waals surface area contributed by atoms with Crippen molar-refractivity contribution in [3.8, 4) is 5.75 Å². The fourth-order valence-corrected chi connectivity index (χ4v) is 4.84. The second-order valence-corrected chi connectivity index (χ2v) is 13.2. The lowest BCUT2D eigenvalue weighted by Gasteiger charge is -2.32. The Balaban J connectivity index is 2.67. The molecular formula is C20H30OSi. The molecule has 0 spiro atoms. The highest BCUT2D eigenvalue weighted by Crippen LogP contribution is 2.41. The number of methoxy groups -OCH3 is 1. The summed E-state index contributed by atoms with van der Waals surface area (Å²) in [6, 6.07) is 4.64. The molecule has 0 atom stereocenters. The molecule has 0 heterocycles. The average molecular weight is 315 g/mol. The van der Waals surface area contributed by atoms with Gasteiger partial charge in [-0.15, -0.1) is 0 Å². The van der Waals surface area contributed by atoms with E-state index < -0.39 is 8.07 Å². The minimum absolute atomic E-state index is 0.0243. The Labute approximate surface area is 137 Å². The van der Waals surface area contributed by atoms with Crippen LogP contribution in [0.5, 0.6) is 5.75 Å². The Bertz CT molecular complexity index is 642. The van der Waals surface area contributed by atoms with Gasteiger partial charge >= 0.3 is 0 Å². The first kappa shape index (κ1) is 17.1. The molecule has 2 heteroatoms. The molecule has 0 unspecified atom stereocenters. The summed E-state index contributed by atoms with van der Waals surface area (Å²) in [5.41, 5.74) is 5.49. The van der Waals surface area contributed by atoms with Crippen molar-refractivity contribution in [3.05, 3.63) is 46.6 Å². The summed E-state index contributed by atoms with van der Waals surface area (Å²) in [5.74, 6) is 1.11. The van der Waals surface area contributed by atoms with Crippen LogP contribution in [0.3, 0.4) is 0 Å². The van der Waals surface area contributed by atoms with Crippen LogP contribution in [0, 0.1) is 6.92 Å². The molecule has 0 saturated heterocycles. The Morgan fingerprint density at radius 1 is 1.09 bits per heavy atom. The molecule has 1 aromatic rings. The van der Waals surface area contributed by atoms with Crippen molar-refractivity contribution in [2.75, 3.05) is 7.11 Å². The van der Waals surface area contributed by atoms with Gasteiger partial charge in [0.15, 0.2) is 0 Å². The number of rotatable bonds is 4. The zero-order valence-corrected chi connectivity index (χ0v) is 16.4. The number of hydrogen-bond acceptors (Lipinski definition) is 1. The fraction of sp³-hybridized carbons (Fsp3) is 0.500. The maximum Gasteiger partial charge on any atom is 0.122 e. The predicted molar refractivity (Wildman–Crippen MR) is 100 cm³/mol. The van der Waals surface area contributed by atoms with Gasteiger partial charge in [-0.3, -0.25) is 0 Å². The maximum atomic E-state index is 5.92. The minimum atomic E-state index is -1.45. The van der Waals surface area contributed by atoms with Crippen molar-refractivity contribution in [1.29, 1.82) is 0 Å². The molecule has 2 rings (SSSR count). The van der Waals surface area contributed by atoms with Gasteiger partial charge in [-0.25, -0.2) is 0 Å². The fourth-order valence-electron chi connectivity index (χ4n) is 3.26. The summed E-state index contributed by atoms with van der Waals surface area (Å²) in [5, 5.41) is 1.43. The van der Waals surface area contributed by atoms with E-state index in [0.717, 1.165) is 12.2 Å². The molecule has 0 radical (unpaired) electrons. The van der Waals surface area contributed by atoms with Crippen molar-refractivity contribution >= 4 is 13.3 Å². The van der Waals surface area contributed by atoms with Gasteiger partial charge in [-0.2, -0.15) is 0 Å². The number of benzene rings is 1. The van der Waals surface area contributed by atoms with Gasteiger partial charge in [0, 0.05) is 11.0 Å². The highest BCUT2D eigenvalue weighted by Gasteiger charge is 2.33. The quantitative estimate of drug-likeness (QED) is 0.702. The summed E-state index contributed by atoms with van der Waals surface area (Å²) in [4.78, 5) is 0. The van der Waals surface area contributed by atoms with E-state index in [9.17, 15) is 0 Å². The van der Waals surface area contributed by atoms with E-state index in [-0.39, 0.29) is 5.41 Å². The van der Waals surface area contributed by atoms with E-state index in [2.05, 4.69) is 71.6 Å². The van der Waals surface area contributed by atoms with Crippen molar-refractivity contribution in [2.45, 2.75) is 59.2 Å². The average Bonchev–Trinajstić information content (AvgIpc) is 2.84. The third kappa shape index (κ3) is 3.07. The lowest BCUT2D eigenvalue weighted by Crippen LogP contribution is -2.40. The van der Waals surface area contributed by atoms with Gasteiger partial charge in [-0.05, 0) is 31.0 Å². The zero-order valence-electron chi connectivity index (χ0n) is 15.4. The lowest BCUT2D eigenvalue weighted by atomic mass is 9.77. The summed E-state index contributed by atoms with van der Waals surface area (Å²) < 4.78 is 5.92. The van der Waals surface area contributed by atoms with Gasteiger partial charge in [0.25, 0.3) is 0 Å². The second-order valence-electron chi connectivity index (χ2n) is 8.12. The Morgan fingerprint density at radius 2 is 1.73 bits per heavy atom. The highest BCUT2D eigenvalue weighted by atomic mass is 28.3. The van der Waals surface area contributed by atoms with Gasteiger partial charge in [0.05, 0.1) is 15.2 Å². The van der Waals surface area contributed by atoms with Crippen molar-refractivity contribution in [1.82, 2.24) is 0 Å². The minimum Gasteiger partial charge on any atom is -0.497 e. The number of aryl methyl sites for hydroxylation is 1. The number of hydrogen-bond donors (Lipinski definition) is 0. The molecule has 0 fully saturated rings. The first-order chi connectivity index (χ1) is 10.1. The third-order valence-corrected chi connectivity index (χ3v) is 6.67. The lowest BCUT2D eigenvalue weighted by molar-refractivity contribution is 0.404. The van der Waals surface area contributed by atoms with E-state index in [0.29, 0.717) is 0 Å². The van der Waals surface area contributed by atoms with Crippen LogP contribution in [0.2, 0.25) is 19.6 Å². The molecule has 1 aromatic carbocycles. The molecule has 0 aromatic heterocycles. The van der Waals surface area contributed by atoms with Crippen LogP contribution in [0.4, 0.5) is 0 Å². The van der Waals surface area contributed by atoms with E-state index in [1.807, 2.05) is 7.11 Å². The van der Waals surface area contributed by atoms with Crippen LogP contribution in [-0.4, -0.2) is 15.2 Å². The van der Waals surface area contributed by atoms with Gasteiger partial charge < -0.3 is 4.74 Å². The monoisotopic (exact) mass is 314 g/mol. The Morgan fingerprint density at radius 3 is 2.18 bits per heavy atom. The molecule has 0 N–H and O–H groups in total. The first-order valence-corrected chi connectivity index (χ1v) is 11.6. The molecule has 0 saturated carbocycles. The smallest absolute Gasteiger partial charge is 0.122 e. The summed E-state index contributed by atoms with van der Waals surface area (Å²) in [6.07, 6.45) is 5.79. The van der Waals surface area contributed by atoms with Crippen LogP contribution in [0.25, 0.3) is 0 Å². The molecular weight excluding hydrogens is 284 g/mol. The van der Waals surface area contributed by atoms with Gasteiger partial charge in [-0.1, -0.05) is 68.9 Å². The maximum absolute atomic E-state index is 5.92. The number of ether oxygens (including phenoxy) is 1. The van der Waals surface area contributed by atoms with Crippen LogP contribution in [0.15, 0.2) is 35.4 Å². The summed E-state index contributed by atoms with van der Waals surface area (Å²) in [7, 11) is 0.364. The van der Waals surface area contributed by atoms with Crippen LogP contribution in [-0.2, 0) is 5.41 Å². The molecule has 120 valence electrons. The normalized spacial score (nSPS) is 15.6. The van der Waals surface area contributed by atoms with Crippen molar-refractivity contribution in [3.63, 3.8) is 0 Å². The SMILES string of the molecule is COc1c(C(C)(C)C2=CCC(C)=C2)cc(C)cc1[Si](C)(C)C. The zero-order chi connectivity index (χ0) is 16.7. The van der Waals surface area contributed by atoms with E-state index in [1.54, 1.807) is 0 Å². The molecule has 0 amide bonds. The first-order valence-electron chi connectivity index (χ1n) is 8.14. The molecule has 1 aliphatic carbocycles. The standard InChI is InChI=1S/C20H30OSi/c1-14-9-10-16(11-14)20(3,4)17-12-15(2)13-18(19(17)21-5)22(6,7)8/h10-13H,9H2,1-8H3.